The number of halogens is 1. The number of hydrogen-bond acceptors (Lipinski definition) is 7. The smallest absolute Gasteiger partial charge is 0.259 e. The van der Waals surface area contributed by atoms with Crippen LogP contribution < -0.4 is 4.90 Å². The van der Waals surface area contributed by atoms with Crippen molar-refractivity contribution in [3.05, 3.63) is 65.0 Å². The van der Waals surface area contributed by atoms with E-state index in [9.17, 15) is 9.18 Å². The fourth-order valence-electron chi connectivity index (χ4n) is 5.01. The van der Waals surface area contributed by atoms with Crippen molar-refractivity contribution in [3.8, 4) is 11.3 Å². The van der Waals surface area contributed by atoms with Gasteiger partial charge in [-0.2, -0.15) is 0 Å². The van der Waals surface area contributed by atoms with Crippen molar-refractivity contribution in [1.82, 2.24) is 24.3 Å². The van der Waals surface area contributed by atoms with Crippen molar-refractivity contribution < 1.29 is 14.0 Å². The summed E-state index contributed by atoms with van der Waals surface area (Å²) in [5.41, 5.74) is 4.91. The number of rotatable bonds is 8. The minimum atomic E-state index is -0.256. The Morgan fingerprint density at radius 1 is 1.13 bits per heavy atom. The fourth-order valence-corrected chi connectivity index (χ4v) is 5.81. The largest absolute Gasteiger partial charge is 0.305 e. The number of carbonyl (C=O) groups is 1. The SMILES string of the molecule is CCc1nc2ccc(C3CCN(CC(=O)N(C)OC)CC3)cn2c1N(C)c1nc(-c2ccc(F)cc2)cs1. The molecule has 0 atom stereocenters. The van der Waals surface area contributed by atoms with E-state index in [1.165, 1.54) is 29.9 Å². The van der Waals surface area contributed by atoms with Crippen LogP contribution in [0.5, 0.6) is 0 Å². The van der Waals surface area contributed by atoms with Gasteiger partial charge in [-0.05, 0) is 74.2 Å². The van der Waals surface area contributed by atoms with Gasteiger partial charge in [0.15, 0.2) is 5.13 Å². The minimum Gasteiger partial charge on any atom is -0.305 e. The highest BCUT2D eigenvalue weighted by Crippen LogP contribution is 2.35. The number of benzene rings is 1. The number of amides is 1. The highest BCUT2D eigenvalue weighted by atomic mass is 32.1. The molecule has 0 spiro atoms. The number of likely N-dealkylation sites (tertiary alicyclic amines) is 1. The summed E-state index contributed by atoms with van der Waals surface area (Å²) in [4.78, 5) is 31.3. The zero-order valence-corrected chi connectivity index (χ0v) is 23.0. The van der Waals surface area contributed by atoms with Crippen molar-refractivity contribution in [2.75, 3.05) is 45.7 Å². The average Bonchev–Trinajstić information content (AvgIpc) is 3.58. The van der Waals surface area contributed by atoms with Gasteiger partial charge in [0.2, 0.25) is 0 Å². The van der Waals surface area contributed by atoms with Crippen LogP contribution in [0.1, 0.15) is 36.9 Å². The number of carbonyl (C=O) groups excluding carboxylic acids is 1. The molecule has 0 bridgehead atoms. The number of aromatic nitrogens is 3. The second kappa shape index (κ2) is 11.2. The van der Waals surface area contributed by atoms with Gasteiger partial charge in [0.05, 0.1) is 25.0 Å². The Kier molecular flexibility index (Phi) is 7.73. The number of hydroxylamine groups is 2. The molecule has 4 heterocycles. The quantitative estimate of drug-likeness (QED) is 0.291. The van der Waals surface area contributed by atoms with Gasteiger partial charge in [-0.3, -0.25) is 18.9 Å². The van der Waals surface area contributed by atoms with Gasteiger partial charge in [-0.25, -0.2) is 19.4 Å². The maximum Gasteiger partial charge on any atom is 0.259 e. The summed E-state index contributed by atoms with van der Waals surface area (Å²) in [6, 6.07) is 10.7. The number of piperidine rings is 1. The van der Waals surface area contributed by atoms with Crippen LogP contribution >= 0.6 is 11.3 Å². The Labute approximate surface area is 226 Å². The third kappa shape index (κ3) is 5.29. The van der Waals surface area contributed by atoms with Crippen molar-refractivity contribution in [2.45, 2.75) is 32.1 Å². The standard InChI is InChI=1S/C28H33FN6O2S/c1-5-23-27(32(2)28-31-24(18-38-28)20-6-9-22(29)10-7-20)35-16-21(8-11-25(35)30-23)19-12-14-34(15-13-19)17-26(36)33(3)37-4/h6-11,16,18-19H,5,12-15,17H2,1-4H3. The molecular formula is C28H33FN6O2S. The molecule has 1 aliphatic rings. The predicted molar refractivity (Wildman–Crippen MR) is 148 cm³/mol. The number of fused-ring (bicyclic) bond motifs is 1. The lowest BCUT2D eigenvalue weighted by atomic mass is 9.90. The maximum atomic E-state index is 13.4. The van der Waals surface area contributed by atoms with Crippen molar-refractivity contribution in [3.63, 3.8) is 0 Å². The van der Waals surface area contributed by atoms with Gasteiger partial charge in [0.1, 0.15) is 17.3 Å². The monoisotopic (exact) mass is 536 g/mol. The molecule has 5 rings (SSSR count). The van der Waals surface area contributed by atoms with E-state index in [2.05, 4.69) is 39.5 Å². The molecule has 1 saturated heterocycles. The first-order valence-corrected chi connectivity index (χ1v) is 13.7. The molecule has 3 aromatic heterocycles. The first-order chi connectivity index (χ1) is 18.4. The molecule has 1 aliphatic heterocycles. The number of likely N-dealkylation sites (N-methyl/N-ethyl adjacent to an activating group) is 1. The summed E-state index contributed by atoms with van der Waals surface area (Å²) < 4.78 is 15.6. The second-order valence-corrected chi connectivity index (χ2v) is 10.5. The molecule has 38 heavy (non-hydrogen) atoms. The zero-order chi connectivity index (χ0) is 26.8. The van der Waals surface area contributed by atoms with Crippen molar-refractivity contribution in [2.24, 2.45) is 0 Å². The third-order valence-electron chi connectivity index (χ3n) is 7.30. The van der Waals surface area contributed by atoms with Crippen LogP contribution in [0.2, 0.25) is 0 Å². The van der Waals surface area contributed by atoms with E-state index in [1.54, 1.807) is 30.5 Å². The lowest BCUT2D eigenvalue weighted by Gasteiger charge is -2.32. The molecule has 200 valence electrons. The number of anilines is 2. The first-order valence-electron chi connectivity index (χ1n) is 12.9. The van der Waals surface area contributed by atoms with Gasteiger partial charge < -0.3 is 4.90 Å². The lowest BCUT2D eigenvalue weighted by Crippen LogP contribution is -2.41. The van der Waals surface area contributed by atoms with Crippen LogP contribution in [0.15, 0.2) is 48.0 Å². The van der Waals surface area contributed by atoms with E-state index in [4.69, 9.17) is 14.8 Å². The first kappa shape index (κ1) is 26.3. The Balaban J connectivity index is 1.37. The van der Waals surface area contributed by atoms with Crippen LogP contribution in [-0.2, 0) is 16.1 Å². The van der Waals surface area contributed by atoms with Gasteiger partial charge in [-0.1, -0.05) is 13.0 Å². The van der Waals surface area contributed by atoms with Crippen LogP contribution in [0.3, 0.4) is 0 Å². The van der Waals surface area contributed by atoms with Gasteiger partial charge in [-0.15, -0.1) is 11.3 Å². The molecule has 8 nitrogen and oxygen atoms in total. The molecule has 10 heteroatoms. The zero-order valence-electron chi connectivity index (χ0n) is 22.2. The molecule has 0 unspecified atom stereocenters. The lowest BCUT2D eigenvalue weighted by molar-refractivity contribution is -0.170. The number of pyridine rings is 1. The Hall–Kier alpha value is -3.34. The number of hydrogen-bond donors (Lipinski definition) is 0. The molecule has 0 aliphatic carbocycles. The molecule has 1 amide bonds. The number of nitrogens with zero attached hydrogens (tertiary/aromatic N) is 6. The summed E-state index contributed by atoms with van der Waals surface area (Å²) in [7, 11) is 5.17. The van der Waals surface area contributed by atoms with Gasteiger partial charge >= 0.3 is 0 Å². The van der Waals surface area contributed by atoms with Crippen molar-refractivity contribution >= 4 is 33.8 Å². The van der Waals surface area contributed by atoms with Crippen LogP contribution in [0.4, 0.5) is 15.3 Å². The molecule has 0 radical (unpaired) electrons. The maximum absolute atomic E-state index is 13.4. The Morgan fingerprint density at radius 3 is 2.55 bits per heavy atom. The van der Waals surface area contributed by atoms with Crippen LogP contribution in [0.25, 0.3) is 16.9 Å². The second-order valence-electron chi connectivity index (χ2n) is 9.63. The van der Waals surface area contributed by atoms with Gasteiger partial charge in [0, 0.05) is 31.2 Å². The van der Waals surface area contributed by atoms with Crippen LogP contribution in [0, 0.1) is 5.82 Å². The van der Waals surface area contributed by atoms with E-state index in [-0.39, 0.29) is 11.7 Å². The van der Waals surface area contributed by atoms with E-state index in [1.807, 2.05) is 12.4 Å². The molecule has 1 aromatic carbocycles. The molecule has 0 N–H and O–H groups in total. The number of thiazole rings is 1. The minimum absolute atomic E-state index is 0.0321. The topological polar surface area (TPSA) is 66.2 Å². The van der Waals surface area contributed by atoms with E-state index < -0.39 is 0 Å². The van der Waals surface area contributed by atoms with Crippen molar-refractivity contribution in [1.29, 1.82) is 0 Å². The Bertz CT molecular complexity index is 1410. The Morgan fingerprint density at radius 2 is 1.87 bits per heavy atom. The third-order valence-corrected chi connectivity index (χ3v) is 8.22. The summed E-state index contributed by atoms with van der Waals surface area (Å²) in [5, 5.41) is 4.14. The summed E-state index contributed by atoms with van der Waals surface area (Å²) >= 11 is 1.56. The van der Waals surface area contributed by atoms with Crippen LogP contribution in [-0.4, -0.2) is 71.1 Å². The van der Waals surface area contributed by atoms with E-state index >= 15 is 0 Å². The van der Waals surface area contributed by atoms with E-state index in [0.29, 0.717) is 12.5 Å². The molecule has 4 aromatic rings. The summed E-state index contributed by atoms with van der Waals surface area (Å²) in [6.45, 7) is 4.23. The van der Waals surface area contributed by atoms with Gasteiger partial charge in [0.25, 0.3) is 5.91 Å². The summed E-state index contributed by atoms with van der Waals surface area (Å²) in [5.74, 6) is 1.14. The average molecular weight is 537 g/mol. The fraction of sp³-hybridized carbons (Fsp3) is 0.393. The normalized spacial score (nSPS) is 14.8. The highest BCUT2D eigenvalue weighted by molar-refractivity contribution is 7.14. The molecule has 0 saturated carbocycles. The van der Waals surface area contributed by atoms with E-state index in [0.717, 1.165) is 65.9 Å². The summed E-state index contributed by atoms with van der Waals surface area (Å²) in [6.07, 6.45) is 4.99. The predicted octanol–water partition coefficient (Wildman–Crippen LogP) is 5.13. The molecular weight excluding hydrogens is 503 g/mol. The number of imidazole rings is 1. The molecule has 1 fully saturated rings. The number of aryl methyl sites for hydroxylation is 1. The highest BCUT2D eigenvalue weighted by Gasteiger charge is 2.25.